The lowest BCUT2D eigenvalue weighted by Crippen LogP contribution is -2.49. The van der Waals surface area contributed by atoms with Crippen molar-refractivity contribution in [3.8, 4) is 0 Å². The predicted molar refractivity (Wildman–Crippen MR) is 80.3 cm³/mol. The molecule has 1 fully saturated rings. The smallest absolute Gasteiger partial charge is 0.266 e. The minimum Gasteiger partial charge on any atom is -0.343 e. The summed E-state index contributed by atoms with van der Waals surface area (Å²) in [5.41, 5.74) is 0.847. The first-order chi connectivity index (χ1) is 10.4. The normalized spacial score (nSPS) is 16.7. The van der Waals surface area contributed by atoms with Gasteiger partial charge in [0.2, 0.25) is 6.39 Å². The zero-order valence-electron chi connectivity index (χ0n) is 13.2. The molecule has 0 spiro atoms. The van der Waals surface area contributed by atoms with Crippen LogP contribution in [0.4, 0.5) is 0 Å². The Morgan fingerprint density at radius 3 is 2.73 bits per heavy atom. The minimum atomic E-state index is -0.0558. The molecule has 0 N–H and O–H groups in total. The van der Waals surface area contributed by atoms with Crippen molar-refractivity contribution in [2.75, 3.05) is 13.1 Å². The molecule has 7 heteroatoms. The summed E-state index contributed by atoms with van der Waals surface area (Å²) < 4.78 is 6.32. The fourth-order valence-electron chi connectivity index (χ4n) is 2.61. The van der Waals surface area contributed by atoms with Crippen LogP contribution in [0, 0.1) is 5.92 Å². The van der Waals surface area contributed by atoms with Gasteiger partial charge in [0, 0.05) is 30.5 Å². The van der Waals surface area contributed by atoms with E-state index < -0.39 is 0 Å². The summed E-state index contributed by atoms with van der Waals surface area (Å²) in [7, 11) is 0. The van der Waals surface area contributed by atoms with Crippen molar-refractivity contribution in [1.29, 1.82) is 0 Å². The van der Waals surface area contributed by atoms with Crippen LogP contribution in [0.2, 0.25) is 0 Å². The van der Waals surface area contributed by atoms with Crippen LogP contribution in [0.15, 0.2) is 27.8 Å². The number of nitrogens with zero attached hydrogens (tertiary/aromatic N) is 5. The second-order valence-electron chi connectivity index (χ2n) is 6.90. The van der Waals surface area contributed by atoms with E-state index >= 15 is 0 Å². The molecule has 1 saturated heterocycles. The van der Waals surface area contributed by atoms with Crippen LogP contribution in [0.3, 0.4) is 0 Å². The molecular weight excluding hydrogens is 282 g/mol. The Bertz CT molecular complexity index is 681. The van der Waals surface area contributed by atoms with Crippen LogP contribution >= 0.6 is 0 Å². The molecule has 2 aromatic rings. The van der Waals surface area contributed by atoms with E-state index in [1.807, 2.05) is 6.07 Å². The lowest BCUT2D eigenvalue weighted by atomic mass is 9.92. The fourth-order valence-corrected chi connectivity index (χ4v) is 2.61. The van der Waals surface area contributed by atoms with E-state index in [1.165, 1.54) is 6.39 Å². The maximum Gasteiger partial charge on any atom is 0.266 e. The lowest BCUT2D eigenvalue weighted by Gasteiger charge is -2.38. The van der Waals surface area contributed by atoms with E-state index in [-0.39, 0.29) is 11.0 Å². The molecule has 1 aliphatic heterocycles. The van der Waals surface area contributed by atoms with E-state index in [9.17, 15) is 4.79 Å². The Balaban J connectivity index is 1.60. The highest BCUT2D eigenvalue weighted by Gasteiger charge is 2.28. The van der Waals surface area contributed by atoms with Crippen molar-refractivity contribution < 1.29 is 4.52 Å². The van der Waals surface area contributed by atoms with Gasteiger partial charge in [0.15, 0.2) is 5.82 Å². The maximum absolute atomic E-state index is 12.0. The van der Waals surface area contributed by atoms with Crippen molar-refractivity contribution in [2.24, 2.45) is 5.92 Å². The number of aromatic nitrogens is 4. The zero-order chi connectivity index (χ0) is 15.7. The van der Waals surface area contributed by atoms with E-state index in [0.29, 0.717) is 24.8 Å². The number of hydrogen-bond donors (Lipinski definition) is 0. The van der Waals surface area contributed by atoms with Crippen LogP contribution in [-0.2, 0) is 18.5 Å². The average molecular weight is 303 g/mol. The zero-order valence-corrected chi connectivity index (χ0v) is 13.2. The van der Waals surface area contributed by atoms with Crippen LogP contribution in [0.25, 0.3) is 0 Å². The molecule has 0 bridgehead atoms. The van der Waals surface area contributed by atoms with Crippen LogP contribution in [-0.4, -0.2) is 37.9 Å². The van der Waals surface area contributed by atoms with Gasteiger partial charge >= 0.3 is 0 Å². The Labute approximate surface area is 128 Å². The SMILES string of the molecule is CC(C)(C)c1ccc(=O)n(CC2CN(Cc3ncon3)C2)n1. The maximum atomic E-state index is 12.0. The molecule has 0 aromatic carbocycles. The molecule has 0 atom stereocenters. The van der Waals surface area contributed by atoms with Gasteiger partial charge in [-0.3, -0.25) is 9.69 Å². The van der Waals surface area contributed by atoms with Crippen LogP contribution in [0.5, 0.6) is 0 Å². The van der Waals surface area contributed by atoms with E-state index in [0.717, 1.165) is 18.8 Å². The first kappa shape index (κ1) is 14.9. The van der Waals surface area contributed by atoms with Gasteiger partial charge in [-0.25, -0.2) is 4.68 Å². The Kier molecular flexibility index (Phi) is 3.82. The van der Waals surface area contributed by atoms with Crippen molar-refractivity contribution in [1.82, 2.24) is 24.8 Å². The molecule has 0 radical (unpaired) electrons. The Morgan fingerprint density at radius 1 is 1.32 bits per heavy atom. The highest BCUT2D eigenvalue weighted by atomic mass is 16.5. The summed E-state index contributed by atoms with van der Waals surface area (Å²) in [6.07, 6.45) is 1.34. The van der Waals surface area contributed by atoms with E-state index in [1.54, 1.807) is 10.7 Å². The van der Waals surface area contributed by atoms with Gasteiger partial charge < -0.3 is 4.52 Å². The Morgan fingerprint density at radius 2 is 2.09 bits per heavy atom. The van der Waals surface area contributed by atoms with Gasteiger partial charge in [-0.15, -0.1) is 0 Å². The van der Waals surface area contributed by atoms with Crippen LogP contribution in [0.1, 0.15) is 32.3 Å². The van der Waals surface area contributed by atoms with Gasteiger partial charge in [0.25, 0.3) is 5.56 Å². The summed E-state index contributed by atoms with van der Waals surface area (Å²) in [4.78, 5) is 18.2. The first-order valence-electron chi connectivity index (χ1n) is 7.48. The summed E-state index contributed by atoms with van der Waals surface area (Å²) >= 11 is 0. The van der Waals surface area contributed by atoms with Gasteiger partial charge in [0.1, 0.15) is 0 Å². The quantitative estimate of drug-likeness (QED) is 0.840. The van der Waals surface area contributed by atoms with Crippen molar-refractivity contribution in [3.63, 3.8) is 0 Å². The second kappa shape index (κ2) is 5.64. The van der Waals surface area contributed by atoms with Crippen molar-refractivity contribution in [3.05, 3.63) is 40.4 Å². The molecule has 0 amide bonds. The number of hydrogen-bond acceptors (Lipinski definition) is 6. The molecule has 0 aliphatic carbocycles. The molecule has 7 nitrogen and oxygen atoms in total. The summed E-state index contributed by atoms with van der Waals surface area (Å²) in [5.74, 6) is 1.13. The molecule has 2 aromatic heterocycles. The van der Waals surface area contributed by atoms with Gasteiger partial charge in [0.05, 0.1) is 18.8 Å². The predicted octanol–water partition coefficient (Wildman–Crippen LogP) is 1.06. The topological polar surface area (TPSA) is 77.0 Å². The monoisotopic (exact) mass is 303 g/mol. The molecule has 1 aliphatic rings. The van der Waals surface area contributed by atoms with Gasteiger partial charge in [-0.2, -0.15) is 10.1 Å². The van der Waals surface area contributed by atoms with Crippen LogP contribution < -0.4 is 5.56 Å². The third kappa shape index (κ3) is 3.24. The molecule has 0 unspecified atom stereocenters. The minimum absolute atomic E-state index is 0.0374. The standard InChI is InChI=1S/C15H21N5O2/c1-15(2,3)12-4-5-14(21)20(17-12)8-11-6-19(7-11)9-13-16-10-22-18-13/h4-5,10-11H,6-9H2,1-3H3. The van der Waals surface area contributed by atoms with Gasteiger partial charge in [-0.1, -0.05) is 25.9 Å². The Hall–Kier alpha value is -2.02. The van der Waals surface area contributed by atoms with Gasteiger partial charge in [-0.05, 0) is 6.07 Å². The average Bonchev–Trinajstić information content (AvgIpc) is 2.90. The van der Waals surface area contributed by atoms with E-state index in [2.05, 4.69) is 40.9 Å². The highest BCUT2D eigenvalue weighted by Crippen LogP contribution is 2.20. The van der Waals surface area contributed by atoms with Crippen molar-refractivity contribution >= 4 is 0 Å². The lowest BCUT2D eigenvalue weighted by molar-refractivity contribution is 0.0729. The fraction of sp³-hybridized carbons (Fsp3) is 0.600. The molecule has 22 heavy (non-hydrogen) atoms. The summed E-state index contributed by atoms with van der Waals surface area (Å²) in [6.45, 7) is 9.48. The third-order valence-corrected chi connectivity index (χ3v) is 3.87. The second-order valence-corrected chi connectivity index (χ2v) is 6.90. The molecule has 3 heterocycles. The molecular formula is C15H21N5O2. The molecule has 3 rings (SSSR count). The highest BCUT2D eigenvalue weighted by molar-refractivity contribution is 5.10. The number of likely N-dealkylation sites (tertiary alicyclic amines) is 1. The molecule has 118 valence electrons. The molecule has 0 saturated carbocycles. The summed E-state index contributed by atoms with van der Waals surface area (Å²) in [6, 6.07) is 3.44. The van der Waals surface area contributed by atoms with Crippen molar-refractivity contribution in [2.45, 2.75) is 39.3 Å². The summed E-state index contributed by atoms with van der Waals surface area (Å²) in [5, 5.41) is 8.32. The third-order valence-electron chi connectivity index (χ3n) is 3.87. The van der Waals surface area contributed by atoms with E-state index in [4.69, 9.17) is 4.52 Å². The number of rotatable bonds is 4. The largest absolute Gasteiger partial charge is 0.343 e. The first-order valence-corrected chi connectivity index (χ1v) is 7.48.